The van der Waals surface area contributed by atoms with Crippen molar-refractivity contribution >= 4 is 20.9 Å². The van der Waals surface area contributed by atoms with Crippen LogP contribution in [0.3, 0.4) is 0 Å². The van der Waals surface area contributed by atoms with Crippen LogP contribution in [0.4, 0.5) is 5.69 Å². The van der Waals surface area contributed by atoms with E-state index < -0.39 is 27.1 Å². The molecule has 1 heterocycles. The van der Waals surface area contributed by atoms with Crippen molar-refractivity contribution < 1.29 is 33.3 Å². The number of pyridine rings is 1. The Kier molecular flexibility index (Phi) is 10.7. The van der Waals surface area contributed by atoms with Crippen molar-refractivity contribution in [3.05, 3.63) is 24.5 Å². The van der Waals surface area contributed by atoms with Gasteiger partial charge in [-0.05, 0) is 12.5 Å². The van der Waals surface area contributed by atoms with Crippen molar-refractivity contribution in [2.75, 3.05) is 11.9 Å². The Bertz CT molecular complexity index is 624. The highest BCUT2D eigenvalue weighted by Crippen LogP contribution is 2.59. The minimum absolute atomic E-state index is 0.457. The SMILES string of the molecule is CCCCCCCCCCNc1ccc[n+](CC(P(=O)(O)O)P(=O)(O)O)c1. The van der Waals surface area contributed by atoms with Gasteiger partial charge in [0, 0.05) is 12.6 Å². The topological polar surface area (TPSA) is 131 Å². The molecule has 1 aromatic rings. The molecule has 0 unspecified atom stereocenters. The molecule has 0 aliphatic rings. The highest BCUT2D eigenvalue weighted by atomic mass is 31.2. The van der Waals surface area contributed by atoms with E-state index in [-0.39, 0.29) is 0 Å². The molecular formula is C17H33N2O6P2+. The van der Waals surface area contributed by atoms with Gasteiger partial charge in [-0.2, -0.15) is 0 Å². The first-order valence-electron chi connectivity index (χ1n) is 9.48. The Labute approximate surface area is 161 Å². The summed E-state index contributed by atoms with van der Waals surface area (Å²) in [5.74, 6) is 0. The Hall–Kier alpha value is -0.750. The summed E-state index contributed by atoms with van der Waals surface area (Å²) in [6.07, 6.45) is 12.9. The molecule has 0 bridgehead atoms. The van der Waals surface area contributed by atoms with Gasteiger partial charge in [0.2, 0.25) is 5.40 Å². The lowest BCUT2D eigenvalue weighted by atomic mass is 10.1. The van der Waals surface area contributed by atoms with Crippen LogP contribution in [0.2, 0.25) is 0 Å². The Morgan fingerprint density at radius 2 is 1.52 bits per heavy atom. The van der Waals surface area contributed by atoms with Crippen molar-refractivity contribution in [1.82, 2.24) is 0 Å². The maximum Gasteiger partial charge on any atom is 0.347 e. The molecule has 1 rings (SSSR count). The van der Waals surface area contributed by atoms with Crippen LogP contribution in [0.1, 0.15) is 58.3 Å². The first-order chi connectivity index (χ1) is 12.6. The molecule has 8 nitrogen and oxygen atoms in total. The number of hydrogen-bond donors (Lipinski definition) is 5. The van der Waals surface area contributed by atoms with Gasteiger partial charge < -0.3 is 24.9 Å². The van der Waals surface area contributed by atoms with Crippen molar-refractivity contribution in [3.63, 3.8) is 0 Å². The smallest absolute Gasteiger partial charge is 0.347 e. The monoisotopic (exact) mass is 423 g/mol. The van der Waals surface area contributed by atoms with E-state index in [1.165, 1.54) is 49.3 Å². The molecule has 0 aromatic carbocycles. The molecule has 0 saturated heterocycles. The Balaban J connectivity index is 2.43. The molecule has 5 N–H and O–H groups in total. The van der Waals surface area contributed by atoms with Gasteiger partial charge in [-0.25, -0.2) is 4.57 Å². The fourth-order valence-corrected chi connectivity index (χ4v) is 5.20. The summed E-state index contributed by atoms with van der Waals surface area (Å²) in [5.41, 5.74) is 0.746. The van der Waals surface area contributed by atoms with Gasteiger partial charge >= 0.3 is 15.2 Å². The van der Waals surface area contributed by atoms with Crippen LogP contribution < -0.4 is 9.88 Å². The van der Waals surface area contributed by atoms with E-state index in [1.807, 2.05) is 6.07 Å². The lowest BCUT2D eigenvalue weighted by Gasteiger charge is -2.16. The summed E-state index contributed by atoms with van der Waals surface area (Å²) in [7, 11) is -9.85. The van der Waals surface area contributed by atoms with Crippen LogP contribution in [-0.4, -0.2) is 31.5 Å². The van der Waals surface area contributed by atoms with Crippen LogP contribution in [0.25, 0.3) is 0 Å². The molecule has 0 aliphatic carbocycles. The third-order valence-corrected chi connectivity index (χ3v) is 8.05. The zero-order valence-corrected chi connectivity index (χ0v) is 17.7. The number of aromatic nitrogens is 1. The zero-order valence-electron chi connectivity index (χ0n) is 15.9. The number of anilines is 1. The molecule has 0 amide bonds. The summed E-state index contributed by atoms with van der Waals surface area (Å²) in [6.45, 7) is 2.53. The van der Waals surface area contributed by atoms with Crippen molar-refractivity contribution in [1.29, 1.82) is 0 Å². The molecule has 0 spiro atoms. The molecule has 0 fully saturated rings. The third kappa shape index (κ3) is 10.4. The number of unbranched alkanes of at least 4 members (excludes halogenated alkanes) is 7. The second kappa shape index (κ2) is 11.9. The zero-order chi connectivity index (χ0) is 20.3. The van der Waals surface area contributed by atoms with Crippen molar-refractivity contribution in [2.45, 2.75) is 70.2 Å². The minimum atomic E-state index is -4.93. The number of hydrogen-bond acceptors (Lipinski definition) is 3. The molecule has 27 heavy (non-hydrogen) atoms. The van der Waals surface area contributed by atoms with Crippen LogP contribution in [0.5, 0.6) is 0 Å². The van der Waals surface area contributed by atoms with Gasteiger partial charge in [-0.1, -0.05) is 51.9 Å². The van der Waals surface area contributed by atoms with E-state index in [0.29, 0.717) is 0 Å². The normalized spacial score (nSPS) is 12.5. The average molecular weight is 423 g/mol. The second-order valence-electron chi connectivity index (χ2n) is 6.85. The summed E-state index contributed by atoms with van der Waals surface area (Å²) in [5, 5.41) is 1.19. The van der Waals surface area contributed by atoms with Gasteiger partial charge in [0.25, 0.3) is 0 Å². The predicted molar refractivity (Wildman–Crippen MR) is 106 cm³/mol. The van der Waals surface area contributed by atoms with Gasteiger partial charge in [0.15, 0.2) is 18.9 Å². The molecule has 10 heteroatoms. The van der Waals surface area contributed by atoms with Gasteiger partial charge in [0.05, 0.1) is 5.69 Å². The summed E-state index contributed by atoms with van der Waals surface area (Å²) < 4.78 is 24.2. The first-order valence-corrected chi connectivity index (χ1v) is 12.8. The first kappa shape index (κ1) is 24.3. The molecule has 0 saturated carbocycles. The Morgan fingerprint density at radius 1 is 0.963 bits per heavy atom. The van der Waals surface area contributed by atoms with Crippen molar-refractivity contribution in [2.24, 2.45) is 0 Å². The van der Waals surface area contributed by atoms with Crippen LogP contribution in [-0.2, 0) is 15.7 Å². The molecule has 0 radical (unpaired) electrons. The highest BCUT2D eigenvalue weighted by Gasteiger charge is 2.46. The molecule has 0 aliphatic heterocycles. The van der Waals surface area contributed by atoms with Crippen molar-refractivity contribution in [3.8, 4) is 0 Å². The second-order valence-corrected chi connectivity index (χ2v) is 10.9. The fourth-order valence-electron chi connectivity index (χ4n) is 2.83. The van der Waals surface area contributed by atoms with Crippen LogP contribution in [0, 0.1) is 0 Å². The number of nitrogens with one attached hydrogen (secondary N) is 1. The molecule has 0 atom stereocenters. The standard InChI is InChI=1S/C17H32N2O6P2/c1-2-3-4-5-6-7-8-9-12-18-16-11-10-13-19(14-16)15-17(26(20,21)22)27(23,24)25/h10-11,13-14,17-18H,2-9,12,15H2,1H3,(H3-,20,21,22,23,24,25)/p+1. The number of nitrogens with zero attached hydrogens (tertiary/aromatic N) is 1. The van der Waals surface area contributed by atoms with E-state index >= 15 is 0 Å². The van der Waals surface area contributed by atoms with Gasteiger partial charge in [0.1, 0.15) is 0 Å². The molecule has 156 valence electrons. The third-order valence-electron chi connectivity index (χ3n) is 4.37. The number of rotatable bonds is 14. The predicted octanol–water partition coefficient (Wildman–Crippen LogP) is 3.21. The van der Waals surface area contributed by atoms with Gasteiger partial charge in [-0.15, -0.1) is 0 Å². The largest absolute Gasteiger partial charge is 0.380 e. The van der Waals surface area contributed by atoms with E-state index in [4.69, 9.17) is 0 Å². The minimum Gasteiger partial charge on any atom is -0.380 e. The lowest BCUT2D eigenvalue weighted by molar-refractivity contribution is -0.694. The average Bonchev–Trinajstić information content (AvgIpc) is 2.57. The maximum absolute atomic E-state index is 11.4. The summed E-state index contributed by atoms with van der Waals surface area (Å²) in [4.78, 5) is 36.9. The molecule has 1 aromatic heterocycles. The van der Waals surface area contributed by atoms with E-state index in [2.05, 4.69) is 12.2 Å². The summed E-state index contributed by atoms with van der Waals surface area (Å²) in [6, 6.07) is 3.48. The highest BCUT2D eigenvalue weighted by molar-refractivity contribution is 7.70. The lowest BCUT2D eigenvalue weighted by Crippen LogP contribution is -2.39. The van der Waals surface area contributed by atoms with E-state index in [0.717, 1.165) is 25.1 Å². The molecular weight excluding hydrogens is 390 g/mol. The van der Waals surface area contributed by atoms with E-state index in [1.54, 1.807) is 12.3 Å². The maximum atomic E-state index is 11.4. The van der Waals surface area contributed by atoms with Gasteiger partial charge in [-0.3, -0.25) is 9.13 Å². The quantitative estimate of drug-likeness (QED) is 0.176. The summed E-state index contributed by atoms with van der Waals surface area (Å²) >= 11 is 0. The van der Waals surface area contributed by atoms with Crippen LogP contribution >= 0.6 is 15.2 Å². The fraction of sp³-hybridized carbons (Fsp3) is 0.706. The van der Waals surface area contributed by atoms with E-state index in [9.17, 15) is 28.7 Å². The Morgan fingerprint density at radius 3 is 2.07 bits per heavy atom. The van der Waals surface area contributed by atoms with Crippen LogP contribution in [0.15, 0.2) is 24.5 Å².